The highest BCUT2D eigenvalue weighted by molar-refractivity contribution is 8.00. The van der Waals surface area contributed by atoms with Gasteiger partial charge < -0.3 is 10.2 Å². The second kappa shape index (κ2) is 5.80. The van der Waals surface area contributed by atoms with E-state index in [-0.39, 0.29) is 11.5 Å². The van der Waals surface area contributed by atoms with Crippen LogP contribution in [0.2, 0.25) is 0 Å². The predicted octanol–water partition coefficient (Wildman–Crippen LogP) is 0.538. The molecule has 2 N–H and O–H groups in total. The van der Waals surface area contributed by atoms with Gasteiger partial charge >= 0.3 is 0 Å². The van der Waals surface area contributed by atoms with Gasteiger partial charge in [0.15, 0.2) is 0 Å². The Morgan fingerprint density at radius 1 is 1.37 bits per heavy atom. The molecule has 19 heavy (non-hydrogen) atoms. The third-order valence-electron chi connectivity index (χ3n) is 2.95. The molecule has 1 heterocycles. The minimum Gasteiger partial charge on any atom is -0.395 e. The van der Waals surface area contributed by atoms with Crippen LogP contribution in [0.5, 0.6) is 0 Å². The van der Waals surface area contributed by atoms with Crippen LogP contribution >= 0.6 is 11.8 Å². The molecule has 0 unspecified atom stereocenters. The fraction of sp³-hybridized carbons (Fsp3) is 0.500. The van der Waals surface area contributed by atoms with Crippen molar-refractivity contribution in [1.29, 1.82) is 0 Å². The molecule has 2 rings (SSSR count). The molecular formula is C12H16O5S2. The number of benzene rings is 1. The van der Waals surface area contributed by atoms with Gasteiger partial charge in [-0.15, -0.1) is 0 Å². The first-order valence-electron chi connectivity index (χ1n) is 5.84. The molecule has 1 aliphatic heterocycles. The van der Waals surface area contributed by atoms with E-state index in [0.29, 0.717) is 5.75 Å². The highest BCUT2D eigenvalue weighted by Crippen LogP contribution is 2.31. The highest BCUT2D eigenvalue weighted by atomic mass is 32.2. The molecule has 0 aliphatic carbocycles. The molecule has 0 amide bonds. The molecular weight excluding hydrogens is 288 g/mol. The Labute approximate surface area is 116 Å². The first-order valence-corrected chi connectivity index (χ1v) is 8.30. The Hall–Kier alpha value is -0.600. The molecule has 3 atom stereocenters. The zero-order chi connectivity index (χ0) is 14.0. The number of aliphatic hydroxyl groups is 2. The zero-order valence-electron chi connectivity index (χ0n) is 10.4. The first kappa shape index (κ1) is 14.8. The van der Waals surface area contributed by atoms with Crippen LogP contribution in [-0.2, 0) is 14.3 Å². The molecule has 1 fully saturated rings. The van der Waals surface area contributed by atoms with Crippen LogP contribution in [0.15, 0.2) is 29.2 Å². The molecule has 7 heteroatoms. The van der Waals surface area contributed by atoms with Crippen LogP contribution in [-0.4, -0.2) is 48.4 Å². The molecule has 0 radical (unpaired) electrons. The lowest BCUT2D eigenvalue weighted by Gasteiger charge is -2.19. The van der Waals surface area contributed by atoms with E-state index < -0.39 is 27.6 Å². The van der Waals surface area contributed by atoms with Gasteiger partial charge in [-0.1, -0.05) is 17.7 Å². The van der Waals surface area contributed by atoms with E-state index in [2.05, 4.69) is 0 Å². The number of aryl methyl sites for hydroxylation is 1. The molecule has 1 aromatic carbocycles. The smallest absolute Gasteiger partial charge is 0.297 e. The number of aliphatic hydroxyl groups excluding tert-OH is 2. The fourth-order valence-electron chi connectivity index (χ4n) is 1.85. The topological polar surface area (TPSA) is 83.8 Å². The highest BCUT2D eigenvalue weighted by Gasteiger charge is 2.39. The Morgan fingerprint density at radius 2 is 2.00 bits per heavy atom. The first-order chi connectivity index (χ1) is 8.94. The second-order valence-corrected chi connectivity index (χ2v) is 7.29. The van der Waals surface area contributed by atoms with Crippen molar-refractivity contribution in [2.75, 3.05) is 12.4 Å². The molecule has 0 spiro atoms. The van der Waals surface area contributed by atoms with E-state index in [9.17, 15) is 13.5 Å². The van der Waals surface area contributed by atoms with Crippen molar-refractivity contribution in [2.45, 2.75) is 29.3 Å². The monoisotopic (exact) mass is 304 g/mol. The predicted molar refractivity (Wildman–Crippen MR) is 72.6 cm³/mol. The summed E-state index contributed by atoms with van der Waals surface area (Å²) in [6, 6.07) is 6.29. The van der Waals surface area contributed by atoms with Crippen LogP contribution in [0.25, 0.3) is 0 Å². The van der Waals surface area contributed by atoms with Crippen LogP contribution < -0.4 is 0 Å². The van der Waals surface area contributed by atoms with Gasteiger partial charge in [-0.2, -0.15) is 20.2 Å². The SMILES string of the molecule is Cc1ccc(S(=O)(=O)O[C@H]2[C@H](O)CS[C@@H]2CO)cc1. The standard InChI is InChI=1S/C12H16O5S2/c1-8-2-4-9(5-3-8)19(15,16)17-12-10(14)7-18-11(12)6-13/h2-5,10-14H,6-7H2,1H3/t10-,11-,12+/m1/s1. The van der Waals surface area contributed by atoms with Gasteiger partial charge in [-0.05, 0) is 19.1 Å². The number of hydrogen-bond acceptors (Lipinski definition) is 6. The minimum atomic E-state index is -3.92. The Bertz CT molecular complexity index is 526. The summed E-state index contributed by atoms with van der Waals surface area (Å²) in [5, 5.41) is 18.5. The van der Waals surface area contributed by atoms with Crippen molar-refractivity contribution in [3.63, 3.8) is 0 Å². The second-order valence-electron chi connectivity index (χ2n) is 4.45. The largest absolute Gasteiger partial charge is 0.395 e. The lowest BCUT2D eigenvalue weighted by molar-refractivity contribution is 0.0535. The van der Waals surface area contributed by atoms with E-state index in [1.54, 1.807) is 12.1 Å². The summed E-state index contributed by atoms with van der Waals surface area (Å²) in [5.41, 5.74) is 0.948. The maximum Gasteiger partial charge on any atom is 0.297 e. The average molecular weight is 304 g/mol. The Kier molecular flexibility index (Phi) is 4.52. The maximum atomic E-state index is 12.1. The summed E-state index contributed by atoms with van der Waals surface area (Å²) in [6.07, 6.45) is -1.79. The number of rotatable bonds is 4. The van der Waals surface area contributed by atoms with Crippen LogP contribution in [0.4, 0.5) is 0 Å². The van der Waals surface area contributed by atoms with E-state index in [0.717, 1.165) is 5.56 Å². The fourth-order valence-corrected chi connectivity index (χ4v) is 4.22. The molecule has 0 saturated carbocycles. The molecule has 1 saturated heterocycles. The normalized spacial score (nSPS) is 27.6. The molecule has 0 aromatic heterocycles. The molecule has 5 nitrogen and oxygen atoms in total. The van der Waals surface area contributed by atoms with Gasteiger partial charge in [-0.25, -0.2) is 0 Å². The van der Waals surface area contributed by atoms with Crippen molar-refractivity contribution in [2.24, 2.45) is 0 Å². The summed E-state index contributed by atoms with van der Waals surface area (Å²) in [7, 11) is -3.92. The molecule has 1 aliphatic rings. The van der Waals surface area contributed by atoms with Crippen molar-refractivity contribution in [3.8, 4) is 0 Å². The van der Waals surface area contributed by atoms with Crippen molar-refractivity contribution in [3.05, 3.63) is 29.8 Å². The van der Waals surface area contributed by atoms with Gasteiger partial charge in [0.05, 0.1) is 22.9 Å². The maximum absolute atomic E-state index is 12.1. The van der Waals surface area contributed by atoms with E-state index in [1.807, 2.05) is 6.92 Å². The van der Waals surface area contributed by atoms with Gasteiger partial charge in [0.25, 0.3) is 10.1 Å². The zero-order valence-corrected chi connectivity index (χ0v) is 12.0. The van der Waals surface area contributed by atoms with Crippen LogP contribution in [0, 0.1) is 6.92 Å². The minimum absolute atomic E-state index is 0.0545. The van der Waals surface area contributed by atoms with Gasteiger partial charge in [-0.3, -0.25) is 4.18 Å². The third-order valence-corrected chi connectivity index (χ3v) is 5.66. The van der Waals surface area contributed by atoms with Crippen molar-refractivity contribution >= 4 is 21.9 Å². The molecule has 1 aromatic rings. The summed E-state index contributed by atoms with van der Waals surface area (Å²) in [4.78, 5) is 0.0545. The van der Waals surface area contributed by atoms with Crippen molar-refractivity contribution in [1.82, 2.24) is 0 Å². The van der Waals surface area contributed by atoms with Gasteiger partial charge in [0.2, 0.25) is 0 Å². The molecule has 0 bridgehead atoms. The number of thioether (sulfide) groups is 1. The summed E-state index contributed by atoms with van der Waals surface area (Å²) >= 11 is 1.31. The van der Waals surface area contributed by atoms with E-state index in [1.165, 1.54) is 23.9 Å². The summed E-state index contributed by atoms with van der Waals surface area (Å²) in [5.74, 6) is 0.360. The van der Waals surface area contributed by atoms with Gasteiger partial charge in [0.1, 0.15) is 6.10 Å². The van der Waals surface area contributed by atoms with E-state index >= 15 is 0 Å². The summed E-state index contributed by atoms with van der Waals surface area (Å²) < 4.78 is 29.2. The lowest BCUT2D eigenvalue weighted by atomic mass is 10.2. The lowest BCUT2D eigenvalue weighted by Crippen LogP contribution is -2.36. The third kappa shape index (κ3) is 3.29. The quantitative estimate of drug-likeness (QED) is 0.790. The van der Waals surface area contributed by atoms with Crippen LogP contribution in [0.1, 0.15) is 5.56 Å². The van der Waals surface area contributed by atoms with E-state index in [4.69, 9.17) is 9.29 Å². The summed E-state index contributed by atoms with van der Waals surface area (Å²) in [6.45, 7) is 1.63. The Morgan fingerprint density at radius 3 is 2.58 bits per heavy atom. The van der Waals surface area contributed by atoms with Crippen LogP contribution in [0.3, 0.4) is 0 Å². The number of hydrogen-bond donors (Lipinski definition) is 2. The van der Waals surface area contributed by atoms with Crippen molar-refractivity contribution < 1.29 is 22.8 Å². The Balaban J connectivity index is 2.19. The molecule has 106 valence electrons. The average Bonchev–Trinajstić information content (AvgIpc) is 2.70. The van der Waals surface area contributed by atoms with Gasteiger partial charge in [0, 0.05) is 5.75 Å².